The maximum atomic E-state index is 13.5. The van der Waals surface area contributed by atoms with Crippen LogP contribution in [0.25, 0.3) is 28.4 Å². The van der Waals surface area contributed by atoms with E-state index in [2.05, 4.69) is 45.4 Å². The van der Waals surface area contributed by atoms with Crippen molar-refractivity contribution in [3.05, 3.63) is 72.2 Å². The summed E-state index contributed by atoms with van der Waals surface area (Å²) >= 11 is 0. The SMILES string of the molecule is CC(C)n1ccc(-c2[nH]c(CNc3cccc(F)c3)nc2-c2ccc3ncc(C#N)n3n2)n1. The van der Waals surface area contributed by atoms with Crippen LogP contribution in [0.3, 0.4) is 0 Å². The number of aromatic nitrogens is 7. The lowest BCUT2D eigenvalue weighted by molar-refractivity contribution is 0.534. The third-order valence-corrected chi connectivity index (χ3v) is 5.15. The van der Waals surface area contributed by atoms with Gasteiger partial charge in [-0.1, -0.05) is 6.07 Å². The Morgan fingerprint density at radius 3 is 2.79 bits per heavy atom. The maximum Gasteiger partial charge on any atom is 0.162 e. The minimum atomic E-state index is -0.314. The molecule has 33 heavy (non-hydrogen) atoms. The first kappa shape index (κ1) is 20.4. The van der Waals surface area contributed by atoms with Gasteiger partial charge in [-0.05, 0) is 50.2 Å². The number of fused-ring (bicyclic) bond motifs is 1. The van der Waals surface area contributed by atoms with Crippen molar-refractivity contribution in [2.24, 2.45) is 0 Å². The molecule has 10 heteroatoms. The molecule has 0 bridgehead atoms. The number of nitriles is 1. The highest BCUT2D eigenvalue weighted by atomic mass is 19.1. The number of hydrogen-bond acceptors (Lipinski definition) is 6. The number of nitrogens with one attached hydrogen (secondary N) is 2. The minimum absolute atomic E-state index is 0.206. The predicted molar refractivity (Wildman–Crippen MR) is 121 cm³/mol. The van der Waals surface area contributed by atoms with Gasteiger partial charge in [-0.3, -0.25) is 4.68 Å². The largest absolute Gasteiger partial charge is 0.378 e. The van der Waals surface area contributed by atoms with Crippen molar-refractivity contribution in [1.29, 1.82) is 5.26 Å². The molecule has 0 saturated carbocycles. The number of imidazole rings is 2. The molecule has 0 aliphatic carbocycles. The van der Waals surface area contributed by atoms with Gasteiger partial charge in [0.25, 0.3) is 0 Å². The summed E-state index contributed by atoms with van der Waals surface area (Å²) in [5, 5.41) is 21.8. The number of nitrogens with zero attached hydrogens (tertiary/aromatic N) is 7. The lowest BCUT2D eigenvalue weighted by Crippen LogP contribution is -2.02. The van der Waals surface area contributed by atoms with Crippen LogP contribution in [0.5, 0.6) is 0 Å². The number of halogens is 1. The summed E-state index contributed by atoms with van der Waals surface area (Å²) in [6, 6.07) is 14.1. The Labute approximate surface area is 188 Å². The van der Waals surface area contributed by atoms with E-state index in [1.54, 1.807) is 18.2 Å². The third kappa shape index (κ3) is 3.92. The summed E-state index contributed by atoms with van der Waals surface area (Å²) in [7, 11) is 0. The Kier molecular flexibility index (Phi) is 5.06. The number of H-pyrrole nitrogens is 1. The predicted octanol–water partition coefficient (Wildman–Crippen LogP) is 4.19. The lowest BCUT2D eigenvalue weighted by atomic mass is 10.2. The molecule has 4 heterocycles. The zero-order chi connectivity index (χ0) is 22.9. The Morgan fingerprint density at radius 2 is 2.03 bits per heavy atom. The Hall–Kier alpha value is -4.52. The molecule has 0 amide bonds. The van der Waals surface area contributed by atoms with E-state index in [0.29, 0.717) is 46.5 Å². The third-order valence-electron chi connectivity index (χ3n) is 5.15. The molecule has 0 aliphatic heterocycles. The smallest absolute Gasteiger partial charge is 0.162 e. The fourth-order valence-electron chi connectivity index (χ4n) is 3.50. The highest BCUT2D eigenvalue weighted by Gasteiger charge is 2.19. The molecule has 0 atom stereocenters. The van der Waals surface area contributed by atoms with E-state index < -0.39 is 0 Å². The van der Waals surface area contributed by atoms with Crippen LogP contribution in [-0.2, 0) is 6.54 Å². The highest BCUT2D eigenvalue weighted by molar-refractivity contribution is 5.75. The van der Waals surface area contributed by atoms with Crippen molar-refractivity contribution in [1.82, 2.24) is 34.3 Å². The van der Waals surface area contributed by atoms with Crippen molar-refractivity contribution in [2.45, 2.75) is 26.4 Å². The molecule has 0 saturated heterocycles. The summed E-state index contributed by atoms with van der Waals surface area (Å²) in [5.74, 6) is 0.322. The molecule has 4 aromatic heterocycles. The van der Waals surface area contributed by atoms with E-state index in [4.69, 9.17) is 4.98 Å². The Morgan fingerprint density at radius 1 is 1.15 bits per heavy atom. The van der Waals surface area contributed by atoms with Gasteiger partial charge in [0.2, 0.25) is 0 Å². The fourth-order valence-corrected chi connectivity index (χ4v) is 3.50. The molecule has 2 N–H and O–H groups in total. The van der Waals surface area contributed by atoms with E-state index in [1.807, 2.05) is 23.0 Å². The second kappa shape index (κ2) is 8.20. The molecule has 164 valence electrons. The van der Waals surface area contributed by atoms with Gasteiger partial charge in [0, 0.05) is 17.9 Å². The first-order chi connectivity index (χ1) is 16.0. The van der Waals surface area contributed by atoms with Gasteiger partial charge in [0.1, 0.15) is 34.8 Å². The van der Waals surface area contributed by atoms with Gasteiger partial charge in [-0.2, -0.15) is 15.5 Å². The molecule has 1 aromatic carbocycles. The average Bonchev–Trinajstić information content (AvgIpc) is 3.55. The van der Waals surface area contributed by atoms with Gasteiger partial charge < -0.3 is 10.3 Å². The molecule has 5 rings (SSSR count). The van der Waals surface area contributed by atoms with Gasteiger partial charge in [-0.25, -0.2) is 18.9 Å². The molecule has 0 radical (unpaired) electrons. The highest BCUT2D eigenvalue weighted by Crippen LogP contribution is 2.29. The topological polar surface area (TPSA) is 113 Å². The standard InChI is InChI=1S/C23H20FN9/c1-14(2)32-9-8-19(30-32)23-22(18-6-7-21-27-12-17(11-25)33(21)31-18)28-20(29-23)13-26-16-5-3-4-15(24)10-16/h3-10,12,14,26H,13H2,1-2H3,(H,28,29). The Bertz CT molecular complexity index is 1490. The van der Waals surface area contributed by atoms with Crippen molar-refractivity contribution in [3.63, 3.8) is 0 Å². The summed E-state index contributed by atoms with van der Waals surface area (Å²) in [4.78, 5) is 12.3. The van der Waals surface area contributed by atoms with Crippen molar-refractivity contribution in [2.75, 3.05) is 5.32 Å². The molecule has 0 aliphatic rings. The minimum Gasteiger partial charge on any atom is -0.378 e. The molecular weight excluding hydrogens is 421 g/mol. The van der Waals surface area contributed by atoms with Crippen LogP contribution in [0, 0.1) is 17.1 Å². The molecule has 9 nitrogen and oxygen atoms in total. The van der Waals surface area contributed by atoms with E-state index in [9.17, 15) is 9.65 Å². The van der Waals surface area contributed by atoms with E-state index in [1.165, 1.54) is 22.8 Å². The summed E-state index contributed by atoms with van der Waals surface area (Å²) in [6.45, 7) is 4.45. The second-order valence-corrected chi connectivity index (χ2v) is 7.79. The van der Waals surface area contributed by atoms with Gasteiger partial charge in [0.05, 0.1) is 18.4 Å². The second-order valence-electron chi connectivity index (χ2n) is 7.79. The van der Waals surface area contributed by atoms with Crippen LogP contribution in [-0.4, -0.2) is 34.3 Å². The summed E-state index contributed by atoms with van der Waals surface area (Å²) in [5.41, 5.74) is 4.15. The van der Waals surface area contributed by atoms with Crippen molar-refractivity contribution < 1.29 is 4.39 Å². The number of aromatic amines is 1. The molecule has 0 fully saturated rings. The van der Waals surface area contributed by atoms with Crippen LogP contribution in [0.2, 0.25) is 0 Å². The number of benzene rings is 1. The average molecular weight is 441 g/mol. The van der Waals surface area contributed by atoms with E-state index in [-0.39, 0.29) is 11.9 Å². The number of rotatable bonds is 6. The van der Waals surface area contributed by atoms with Crippen LogP contribution in [0.4, 0.5) is 10.1 Å². The van der Waals surface area contributed by atoms with Crippen LogP contribution < -0.4 is 5.32 Å². The van der Waals surface area contributed by atoms with E-state index >= 15 is 0 Å². The monoisotopic (exact) mass is 441 g/mol. The maximum absolute atomic E-state index is 13.5. The van der Waals surface area contributed by atoms with Gasteiger partial charge in [0.15, 0.2) is 11.3 Å². The first-order valence-electron chi connectivity index (χ1n) is 10.4. The van der Waals surface area contributed by atoms with Crippen LogP contribution in [0.1, 0.15) is 31.4 Å². The van der Waals surface area contributed by atoms with E-state index in [0.717, 1.165) is 5.69 Å². The summed E-state index contributed by atoms with van der Waals surface area (Å²) < 4.78 is 16.9. The zero-order valence-electron chi connectivity index (χ0n) is 18.0. The number of hydrogen-bond donors (Lipinski definition) is 2. The van der Waals surface area contributed by atoms with Crippen LogP contribution >= 0.6 is 0 Å². The molecule has 5 aromatic rings. The lowest BCUT2D eigenvalue weighted by Gasteiger charge is -2.04. The fraction of sp³-hybridized carbons (Fsp3) is 0.174. The molecule has 0 unspecified atom stereocenters. The normalized spacial score (nSPS) is 11.2. The molecular formula is C23H20FN9. The van der Waals surface area contributed by atoms with Gasteiger partial charge in [-0.15, -0.1) is 0 Å². The first-order valence-corrected chi connectivity index (χ1v) is 10.4. The number of anilines is 1. The van der Waals surface area contributed by atoms with Crippen LogP contribution in [0.15, 0.2) is 54.9 Å². The van der Waals surface area contributed by atoms with Crippen molar-refractivity contribution in [3.8, 4) is 28.8 Å². The zero-order valence-corrected chi connectivity index (χ0v) is 18.0. The Balaban J connectivity index is 1.56. The van der Waals surface area contributed by atoms with Gasteiger partial charge >= 0.3 is 0 Å². The van der Waals surface area contributed by atoms with Crippen molar-refractivity contribution >= 4 is 11.3 Å². The molecule has 0 spiro atoms. The summed E-state index contributed by atoms with van der Waals surface area (Å²) in [6.07, 6.45) is 3.39. The quantitative estimate of drug-likeness (QED) is 0.409.